The maximum atomic E-state index is 12.3. The van der Waals surface area contributed by atoms with Gasteiger partial charge in [-0.1, -0.05) is 218 Å². The van der Waals surface area contributed by atoms with E-state index in [4.69, 9.17) is 9.47 Å². The summed E-state index contributed by atoms with van der Waals surface area (Å²) in [6.45, 7) is 3.89. The van der Waals surface area contributed by atoms with Crippen molar-refractivity contribution in [1.82, 2.24) is 0 Å². The van der Waals surface area contributed by atoms with Crippen molar-refractivity contribution in [2.45, 2.75) is 213 Å². The van der Waals surface area contributed by atoms with Gasteiger partial charge < -0.3 is 14.6 Å². The van der Waals surface area contributed by atoms with Gasteiger partial charge in [0.15, 0.2) is 6.10 Å². The number of rotatable bonds is 45. The molecule has 0 aliphatic rings. The number of ether oxygens (including phenoxy) is 2. The van der Waals surface area contributed by atoms with E-state index in [9.17, 15) is 14.7 Å². The van der Waals surface area contributed by atoms with E-state index in [-0.39, 0.29) is 25.2 Å². The van der Waals surface area contributed by atoms with Gasteiger partial charge in [-0.15, -0.1) is 0 Å². The molecule has 0 aromatic carbocycles. The van der Waals surface area contributed by atoms with Crippen molar-refractivity contribution >= 4 is 11.9 Å². The van der Waals surface area contributed by atoms with Gasteiger partial charge in [0.25, 0.3) is 0 Å². The molecular weight excluding hydrogens is 789 g/mol. The monoisotopic (exact) mass is 883 g/mol. The highest BCUT2D eigenvalue weighted by molar-refractivity contribution is 5.70. The molecule has 0 radical (unpaired) electrons. The van der Waals surface area contributed by atoms with E-state index in [1.807, 2.05) is 0 Å². The van der Waals surface area contributed by atoms with Gasteiger partial charge in [0.2, 0.25) is 0 Å². The van der Waals surface area contributed by atoms with Gasteiger partial charge >= 0.3 is 11.9 Å². The highest BCUT2D eigenvalue weighted by Crippen LogP contribution is 2.13. The first-order valence-electron chi connectivity index (χ1n) is 25.7. The fraction of sp³-hybridized carbons (Fsp3) is 0.593. The van der Waals surface area contributed by atoms with Crippen LogP contribution in [0.25, 0.3) is 0 Å². The molecule has 0 amide bonds. The summed E-state index contributed by atoms with van der Waals surface area (Å²) in [5.74, 6) is -0.623. The molecule has 0 bridgehead atoms. The van der Waals surface area contributed by atoms with Crippen molar-refractivity contribution in [2.24, 2.45) is 0 Å². The van der Waals surface area contributed by atoms with Gasteiger partial charge in [0.1, 0.15) is 6.61 Å². The van der Waals surface area contributed by atoms with Gasteiger partial charge in [-0.25, -0.2) is 0 Å². The Hall–Kier alpha value is -3.96. The van der Waals surface area contributed by atoms with Crippen molar-refractivity contribution in [1.29, 1.82) is 0 Å². The van der Waals surface area contributed by atoms with Crippen LogP contribution in [0.1, 0.15) is 206 Å². The van der Waals surface area contributed by atoms with Crippen LogP contribution in [0.3, 0.4) is 0 Å². The Balaban J connectivity index is 3.62. The summed E-state index contributed by atoms with van der Waals surface area (Å²) in [6.07, 6.45) is 79.6. The van der Waals surface area contributed by atoms with Crippen LogP contribution < -0.4 is 0 Å². The van der Waals surface area contributed by atoms with Gasteiger partial charge in [0, 0.05) is 12.8 Å². The molecular formula is C59H94O5. The van der Waals surface area contributed by atoms with E-state index in [0.717, 1.165) is 122 Å². The van der Waals surface area contributed by atoms with Crippen LogP contribution in [0, 0.1) is 0 Å². The molecule has 0 aliphatic heterocycles. The molecule has 0 rings (SSSR count). The average molecular weight is 883 g/mol. The van der Waals surface area contributed by atoms with E-state index in [0.29, 0.717) is 12.8 Å². The Bertz CT molecular complexity index is 1370. The zero-order valence-corrected chi connectivity index (χ0v) is 41.0. The van der Waals surface area contributed by atoms with Crippen LogP contribution in [0.5, 0.6) is 0 Å². The summed E-state index contributed by atoms with van der Waals surface area (Å²) >= 11 is 0. The average Bonchev–Trinajstić information content (AvgIpc) is 3.30. The van der Waals surface area contributed by atoms with E-state index in [2.05, 4.69) is 148 Å². The van der Waals surface area contributed by atoms with E-state index in [1.54, 1.807) is 0 Å². The van der Waals surface area contributed by atoms with E-state index < -0.39 is 6.10 Å². The molecule has 1 unspecified atom stereocenters. The maximum Gasteiger partial charge on any atom is 0.306 e. The fourth-order valence-corrected chi connectivity index (χ4v) is 6.64. The summed E-state index contributed by atoms with van der Waals surface area (Å²) in [4.78, 5) is 24.5. The zero-order valence-electron chi connectivity index (χ0n) is 41.0. The second-order valence-corrected chi connectivity index (χ2v) is 16.5. The molecule has 1 atom stereocenters. The van der Waals surface area contributed by atoms with Gasteiger partial charge in [-0.3, -0.25) is 9.59 Å². The molecule has 0 fully saturated rings. The molecule has 0 aliphatic carbocycles. The Morgan fingerprint density at radius 2 is 0.625 bits per heavy atom. The first-order chi connectivity index (χ1) is 31.6. The van der Waals surface area contributed by atoms with Crippen LogP contribution >= 0.6 is 0 Å². The fourth-order valence-electron chi connectivity index (χ4n) is 6.64. The number of hydrogen-bond donors (Lipinski definition) is 1. The minimum Gasteiger partial charge on any atom is -0.462 e. The molecule has 0 saturated heterocycles. The second-order valence-electron chi connectivity index (χ2n) is 16.5. The first-order valence-corrected chi connectivity index (χ1v) is 25.7. The number of allylic oxidation sites excluding steroid dienone is 22. The summed E-state index contributed by atoms with van der Waals surface area (Å²) in [6, 6.07) is 0. The number of aliphatic hydroxyl groups excluding tert-OH is 1. The molecule has 1 N–H and O–H groups in total. The quantitative estimate of drug-likeness (QED) is 0.0375. The van der Waals surface area contributed by atoms with Crippen molar-refractivity contribution in [2.75, 3.05) is 13.2 Å². The molecule has 0 saturated carbocycles. The molecule has 64 heavy (non-hydrogen) atoms. The SMILES string of the molecule is CC/C=C\C/C=C\C/C=C\C/C=C\C/C=C\C/C=C\CCCCCCCCCCC(=O)OC(CO)COC(=O)CCCCCCCCC/C=C\C/C=C\C/C=C\C/C=C\C/C=C\CC. The Morgan fingerprint density at radius 3 is 0.938 bits per heavy atom. The number of esters is 2. The summed E-state index contributed by atoms with van der Waals surface area (Å²) in [5, 5.41) is 9.64. The Kier molecular flexibility index (Phi) is 50.1. The maximum absolute atomic E-state index is 12.3. The standard InChI is InChI=1S/C59H94O5/c1-3-5-7-9-11-13-15-17-19-21-23-25-27-28-29-30-32-34-36-38-40-42-44-46-48-50-52-54-59(62)64-57(55-60)56-63-58(61)53-51-49-47-45-43-41-39-37-35-33-31-26-24-22-20-18-16-14-12-10-8-6-4-2/h5-8,11-14,17-20,23-26,28-29,32-35,57,60H,3-4,9-10,15-16,21-22,27,30-31,36-56H2,1-2H3/b7-5-,8-6-,13-11-,14-12-,19-17-,20-18-,25-23-,26-24-,29-28-,34-32-,35-33-. The summed E-state index contributed by atoms with van der Waals surface area (Å²) < 4.78 is 10.7. The Labute approximate surface area is 394 Å². The smallest absolute Gasteiger partial charge is 0.306 e. The molecule has 0 aromatic rings. The minimum absolute atomic E-state index is 0.0843. The lowest BCUT2D eigenvalue weighted by atomic mass is 10.1. The predicted octanol–water partition coefficient (Wildman–Crippen LogP) is 17.3. The Morgan fingerprint density at radius 1 is 0.359 bits per heavy atom. The lowest BCUT2D eigenvalue weighted by molar-refractivity contribution is -0.161. The zero-order chi connectivity index (χ0) is 46.3. The van der Waals surface area contributed by atoms with Crippen LogP contribution in [-0.4, -0.2) is 36.4 Å². The molecule has 0 heterocycles. The topological polar surface area (TPSA) is 72.8 Å². The number of aliphatic hydroxyl groups is 1. The minimum atomic E-state index is -0.793. The number of carbonyl (C=O) groups excluding carboxylic acids is 2. The summed E-state index contributed by atoms with van der Waals surface area (Å²) in [7, 11) is 0. The summed E-state index contributed by atoms with van der Waals surface area (Å²) in [5.41, 5.74) is 0. The number of hydrogen-bond acceptors (Lipinski definition) is 5. The largest absolute Gasteiger partial charge is 0.462 e. The van der Waals surface area contributed by atoms with Crippen molar-refractivity contribution < 1.29 is 24.2 Å². The van der Waals surface area contributed by atoms with Gasteiger partial charge in [-0.05, 0) is 109 Å². The van der Waals surface area contributed by atoms with Gasteiger partial charge in [-0.2, -0.15) is 0 Å². The predicted molar refractivity (Wildman–Crippen MR) is 278 cm³/mol. The third-order valence-electron chi connectivity index (χ3n) is 10.4. The van der Waals surface area contributed by atoms with E-state index >= 15 is 0 Å². The van der Waals surface area contributed by atoms with Crippen LogP contribution in [0.15, 0.2) is 134 Å². The molecule has 0 spiro atoms. The number of unbranched alkanes of at least 4 members (excludes halogenated alkanes) is 15. The third-order valence-corrected chi connectivity index (χ3v) is 10.4. The van der Waals surface area contributed by atoms with Crippen molar-refractivity contribution in [3.8, 4) is 0 Å². The normalized spacial score (nSPS) is 13.4. The van der Waals surface area contributed by atoms with Crippen LogP contribution in [-0.2, 0) is 19.1 Å². The first kappa shape index (κ1) is 60.0. The molecule has 5 nitrogen and oxygen atoms in total. The number of carbonyl (C=O) groups is 2. The van der Waals surface area contributed by atoms with Gasteiger partial charge in [0.05, 0.1) is 6.61 Å². The lowest BCUT2D eigenvalue weighted by Crippen LogP contribution is -2.28. The highest BCUT2D eigenvalue weighted by Gasteiger charge is 2.16. The third kappa shape index (κ3) is 50.7. The lowest BCUT2D eigenvalue weighted by Gasteiger charge is -2.15. The highest BCUT2D eigenvalue weighted by atomic mass is 16.6. The van der Waals surface area contributed by atoms with Crippen LogP contribution in [0.4, 0.5) is 0 Å². The van der Waals surface area contributed by atoms with Crippen LogP contribution in [0.2, 0.25) is 0 Å². The van der Waals surface area contributed by atoms with E-state index in [1.165, 1.54) is 57.8 Å². The molecule has 0 aromatic heterocycles. The molecule has 5 heteroatoms. The van der Waals surface area contributed by atoms with Crippen molar-refractivity contribution in [3.63, 3.8) is 0 Å². The second kappa shape index (κ2) is 53.4. The van der Waals surface area contributed by atoms with Crippen molar-refractivity contribution in [3.05, 3.63) is 134 Å². The molecule has 360 valence electrons.